The number of benzene rings is 2. The summed E-state index contributed by atoms with van der Waals surface area (Å²) in [6.07, 6.45) is 4.87. The van der Waals surface area contributed by atoms with Gasteiger partial charge in [-0.05, 0) is 80.0 Å². The zero-order valence-electron chi connectivity index (χ0n) is 24.0. The van der Waals surface area contributed by atoms with Gasteiger partial charge in [0.25, 0.3) is 0 Å². The molecule has 2 heterocycles. The molecule has 2 atom stereocenters. The molecule has 0 spiro atoms. The van der Waals surface area contributed by atoms with Crippen LogP contribution in [0.3, 0.4) is 0 Å². The molecule has 2 unspecified atom stereocenters. The van der Waals surface area contributed by atoms with E-state index in [0.29, 0.717) is 30.9 Å². The summed E-state index contributed by atoms with van der Waals surface area (Å²) in [6, 6.07) is 12.1. The summed E-state index contributed by atoms with van der Waals surface area (Å²) >= 11 is 0. The number of rotatable bonds is 11. The quantitative estimate of drug-likeness (QED) is 0.276. The molecule has 1 N–H and O–H groups in total. The van der Waals surface area contributed by atoms with Gasteiger partial charge < -0.3 is 19.1 Å². The Morgan fingerprint density at radius 3 is 2.49 bits per heavy atom. The van der Waals surface area contributed by atoms with E-state index < -0.39 is 11.5 Å². The van der Waals surface area contributed by atoms with Crippen molar-refractivity contribution in [2.75, 3.05) is 0 Å². The van der Waals surface area contributed by atoms with E-state index in [0.717, 1.165) is 43.2 Å². The van der Waals surface area contributed by atoms with Crippen molar-refractivity contribution >= 4 is 16.7 Å². The predicted octanol–water partition coefficient (Wildman–Crippen LogP) is 7.53. The van der Waals surface area contributed by atoms with Crippen molar-refractivity contribution in [2.24, 2.45) is 0 Å². The lowest BCUT2D eigenvalue weighted by atomic mass is 9.88. The Morgan fingerprint density at radius 1 is 1.08 bits per heavy atom. The summed E-state index contributed by atoms with van der Waals surface area (Å²) in [4.78, 5) is 13.4. The van der Waals surface area contributed by atoms with Gasteiger partial charge in [-0.3, -0.25) is 4.79 Å². The summed E-state index contributed by atoms with van der Waals surface area (Å²) in [5.41, 5.74) is 3.97. The molecule has 3 aromatic rings. The second kappa shape index (κ2) is 10.3. The van der Waals surface area contributed by atoms with Crippen LogP contribution in [0.15, 0.2) is 42.5 Å². The number of aliphatic hydroxyl groups excluding tert-OH is 1. The zero-order valence-corrected chi connectivity index (χ0v) is 24.0. The fourth-order valence-electron chi connectivity index (χ4n) is 5.90. The highest BCUT2D eigenvalue weighted by Gasteiger charge is 2.51. The Balaban J connectivity index is 1.25. The van der Waals surface area contributed by atoms with E-state index in [9.17, 15) is 14.3 Å². The lowest BCUT2D eigenvalue weighted by molar-refractivity contribution is -0.194. The number of carbonyl (C=O) groups is 1. The SMILES string of the molecule is CCCC1(F)Oc2ccc(C3(C(=O)CCCc4ccc5c(c4)cc(C(C)(C)C)n5CC(O)CC)CC3)cc2O1. The molecule has 5 nitrogen and oxygen atoms in total. The summed E-state index contributed by atoms with van der Waals surface area (Å²) in [5, 5.41) is 11.5. The molecular formula is C33H42FNO4. The van der Waals surface area contributed by atoms with Crippen molar-refractivity contribution in [3.8, 4) is 11.5 Å². The molecule has 1 aliphatic heterocycles. The number of halogens is 1. The Kier molecular flexibility index (Phi) is 7.30. The Bertz CT molecular complexity index is 1370. The Hall–Kier alpha value is -2.86. The van der Waals surface area contributed by atoms with E-state index in [4.69, 9.17) is 9.47 Å². The third-order valence-corrected chi connectivity index (χ3v) is 8.32. The highest BCUT2D eigenvalue weighted by molar-refractivity contribution is 5.93. The van der Waals surface area contributed by atoms with E-state index in [1.165, 1.54) is 16.6 Å². The average Bonchev–Trinajstić information content (AvgIpc) is 3.51. The molecule has 210 valence electrons. The molecule has 1 aromatic heterocycles. The highest BCUT2D eigenvalue weighted by Crippen LogP contribution is 2.53. The third kappa shape index (κ3) is 5.45. The first-order valence-corrected chi connectivity index (χ1v) is 14.5. The van der Waals surface area contributed by atoms with Gasteiger partial charge in [-0.2, -0.15) is 4.39 Å². The molecule has 1 fully saturated rings. The van der Waals surface area contributed by atoms with Gasteiger partial charge in [-0.25, -0.2) is 0 Å². The van der Waals surface area contributed by atoms with Crippen LogP contribution in [0.4, 0.5) is 4.39 Å². The molecule has 0 amide bonds. The number of aryl methyl sites for hydroxylation is 1. The second-order valence-electron chi connectivity index (χ2n) is 12.5. The lowest BCUT2D eigenvalue weighted by Crippen LogP contribution is -2.32. The standard InChI is InChI=1S/C33H42FNO4/c1-6-15-33(34)38-27-14-12-24(20-28(27)39-33)32(16-17-32)30(37)10-8-9-22-11-13-26-23(18-22)19-29(31(3,4)5)35(26)21-25(36)7-2/h11-14,18-20,25,36H,6-10,15-17,21H2,1-5H3. The van der Waals surface area contributed by atoms with Crippen LogP contribution in [-0.2, 0) is 28.6 Å². The molecule has 2 aromatic carbocycles. The van der Waals surface area contributed by atoms with E-state index in [1.54, 1.807) is 12.1 Å². The fourth-order valence-corrected chi connectivity index (χ4v) is 5.90. The van der Waals surface area contributed by atoms with Crippen LogP contribution in [0.25, 0.3) is 10.9 Å². The average molecular weight is 536 g/mol. The minimum Gasteiger partial charge on any atom is -0.423 e. The van der Waals surface area contributed by atoms with Crippen molar-refractivity contribution in [2.45, 2.75) is 116 Å². The van der Waals surface area contributed by atoms with Gasteiger partial charge in [0.05, 0.1) is 17.9 Å². The summed E-state index contributed by atoms with van der Waals surface area (Å²) in [5.74, 6) is 1.04. The van der Waals surface area contributed by atoms with Crippen molar-refractivity contribution in [1.29, 1.82) is 0 Å². The minimum absolute atomic E-state index is 0.0337. The highest BCUT2D eigenvalue weighted by atomic mass is 19.2. The molecule has 0 bridgehead atoms. The van der Waals surface area contributed by atoms with Gasteiger partial charge in [-0.1, -0.05) is 46.8 Å². The van der Waals surface area contributed by atoms with Gasteiger partial charge in [0.1, 0.15) is 5.78 Å². The maximum Gasteiger partial charge on any atom is 0.407 e. The predicted molar refractivity (Wildman–Crippen MR) is 152 cm³/mol. The largest absolute Gasteiger partial charge is 0.423 e. The smallest absolute Gasteiger partial charge is 0.407 e. The third-order valence-electron chi connectivity index (χ3n) is 8.32. The zero-order chi connectivity index (χ0) is 28.0. The van der Waals surface area contributed by atoms with Gasteiger partial charge in [0.15, 0.2) is 11.5 Å². The van der Waals surface area contributed by atoms with E-state index in [2.05, 4.69) is 49.6 Å². The van der Waals surface area contributed by atoms with Crippen molar-refractivity contribution < 1.29 is 23.8 Å². The molecule has 6 heteroatoms. The Labute approximate surface area is 231 Å². The summed E-state index contributed by atoms with van der Waals surface area (Å²) < 4.78 is 27.9. The number of hydrogen-bond acceptors (Lipinski definition) is 4. The van der Waals surface area contributed by atoms with E-state index >= 15 is 0 Å². The van der Waals surface area contributed by atoms with Crippen molar-refractivity contribution in [1.82, 2.24) is 4.57 Å². The number of fused-ring (bicyclic) bond motifs is 2. The molecular weight excluding hydrogens is 493 g/mol. The van der Waals surface area contributed by atoms with Crippen LogP contribution in [0.2, 0.25) is 0 Å². The number of nitrogens with zero attached hydrogens (tertiary/aromatic N) is 1. The molecule has 1 aliphatic carbocycles. The van der Waals surface area contributed by atoms with E-state index in [1.807, 2.05) is 19.9 Å². The molecule has 39 heavy (non-hydrogen) atoms. The van der Waals surface area contributed by atoms with Crippen LogP contribution >= 0.6 is 0 Å². The van der Waals surface area contributed by atoms with Gasteiger partial charge in [-0.15, -0.1) is 0 Å². The molecule has 5 rings (SSSR count). The topological polar surface area (TPSA) is 60.7 Å². The summed E-state index contributed by atoms with van der Waals surface area (Å²) in [7, 11) is 0. The molecule has 0 radical (unpaired) electrons. The van der Waals surface area contributed by atoms with Gasteiger partial charge in [0.2, 0.25) is 0 Å². The van der Waals surface area contributed by atoms with Gasteiger partial charge in [0, 0.05) is 35.0 Å². The van der Waals surface area contributed by atoms with Crippen LogP contribution in [-0.4, -0.2) is 27.6 Å². The van der Waals surface area contributed by atoms with E-state index in [-0.39, 0.29) is 23.7 Å². The second-order valence-corrected chi connectivity index (χ2v) is 12.5. The van der Waals surface area contributed by atoms with Gasteiger partial charge >= 0.3 is 6.04 Å². The first-order chi connectivity index (χ1) is 18.5. The molecule has 1 saturated carbocycles. The summed E-state index contributed by atoms with van der Waals surface area (Å²) in [6.45, 7) is 11.1. The first kappa shape index (κ1) is 27.7. The monoisotopic (exact) mass is 535 g/mol. The number of hydrogen-bond donors (Lipinski definition) is 1. The molecule has 0 saturated heterocycles. The van der Waals surface area contributed by atoms with Crippen LogP contribution in [0.1, 0.15) is 96.4 Å². The molecule has 2 aliphatic rings. The normalized spacial score (nSPS) is 20.4. The number of alkyl halides is 1. The number of ether oxygens (including phenoxy) is 2. The minimum atomic E-state index is -2.11. The van der Waals surface area contributed by atoms with Crippen LogP contribution in [0, 0.1) is 0 Å². The fraction of sp³-hybridized carbons (Fsp3) is 0.545. The number of ketones is 1. The first-order valence-electron chi connectivity index (χ1n) is 14.5. The lowest BCUT2D eigenvalue weighted by Gasteiger charge is -2.23. The maximum absolute atomic E-state index is 14.8. The Morgan fingerprint density at radius 2 is 1.82 bits per heavy atom. The van der Waals surface area contributed by atoms with Crippen LogP contribution in [0.5, 0.6) is 11.5 Å². The van der Waals surface area contributed by atoms with Crippen molar-refractivity contribution in [3.63, 3.8) is 0 Å². The number of aliphatic hydroxyl groups is 1. The van der Waals surface area contributed by atoms with Crippen molar-refractivity contribution in [3.05, 3.63) is 59.3 Å². The number of Topliss-reactive ketones (excluding diaryl/α,β-unsaturated/α-hetero) is 1. The number of aromatic nitrogens is 1. The van der Waals surface area contributed by atoms with Crippen LogP contribution < -0.4 is 9.47 Å². The number of carbonyl (C=O) groups excluding carboxylic acids is 1. The maximum atomic E-state index is 14.8.